The van der Waals surface area contributed by atoms with Crippen molar-refractivity contribution in [2.75, 3.05) is 10.6 Å². The van der Waals surface area contributed by atoms with Gasteiger partial charge in [0.15, 0.2) is 0 Å². The molecule has 3 rings (SSSR count). The van der Waals surface area contributed by atoms with Gasteiger partial charge in [-0.1, -0.05) is 39.0 Å². The second kappa shape index (κ2) is 7.99. The van der Waals surface area contributed by atoms with E-state index in [1.165, 1.54) is 0 Å². The van der Waals surface area contributed by atoms with Crippen molar-refractivity contribution in [1.82, 2.24) is 9.97 Å². The highest BCUT2D eigenvalue weighted by molar-refractivity contribution is 6.05. The van der Waals surface area contributed by atoms with Crippen LogP contribution in [0.1, 0.15) is 42.3 Å². The zero-order valence-electron chi connectivity index (χ0n) is 15.9. The molecule has 5 nitrogen and oxygen atoms in total. The van der Waals surface area contributed by atoms with E-state index in [1.54, 1.807) is 30.7 Å². The Morgan fingerprint density at radius 1 is 1.00 bits per heavy atom. The van der Waals surface area contributed by atoms with E-state index in [9.17, 15) is 4.79 Å². The summed E-state index contributed by atoms with van der Waals surface area (Å²) in [5.41, 5.74) is 3.53. The number of amides is 1. The summed E-state index contributed by atoms with van der Waals surface area (Å²) in [4.78, 5) is 21.0. The van der Waals surface area contributed by atoms with E-state index < -0.39 is 0 Å². The highest BCUT2D eigenvalue weighted by Gasteiger charge is 2.19. The number of carbonyl (C=O) groups excluding carboxylic acids is 1. The fourth-order valence-electron chi connectivity index (χ4n) is 2.80. The SMILES string of the molecule is CC(C)(C)c1ccccc1NC(=O)c1ccnc(NCc2ccncc2)c1. The van der Waals surface area contributed by atoms with E-state index >= 15 is 0 Å². The van der Waals surface area contributed by atoms with Crippen LogP contribution in [0.4, 0.5) is 11.5 Å². The average Bonchev–Trinajstić information content (AvgIpc) is 2.67. The molecule has 2 heterocycles. The van der Waals surface area contributed by atoms with Crippen LogP contribution in [0, 0.1) is 0 Å². The summed E-state index contributed by atoms with van der Waals surface area (Å²) < 4.78 is 0. The lowest BCUT2D eigenvalue weighted by atomic mass is 9.86. The number of hydrogen-bond donors (Lipinski definition) is 2. The first kappa shape index (κ1) is 18.6. The van der Waals surface area contributed by atoms with Crippen molar-refractivity contribution >= 4 is 17.4 Å². The van der Waals surface area contributed by atoms with Crippen LogP contribution in [0.5, 0.6) is 0 Å². The molecule has 5 heteroatoms. The molecule has 27 heavy (non-hydrogen) atoms. The molecule has 0 saturated carbocycles. The Morgan fingerprint density at radius 2 is 1.74 bits per heavy atom. The normalized spacial score (nSPS) is 11.1. The first-order valence-electron chi connectivity index (χ1n) is 8.93. The van der Waals surface area contributed by atoms with Crippen LogP contribution < -0.4 is 10.6 Å². The summed E-state index contributed by atoms with van der Waals surface area (Å²) in [5, 5.41) is 6.27. The first-order valence-corrected chi connectivity index (χ1v) is 8.93. The van der Waals surface area contributed by atoms with Gasteiger partial charge in [0.05, 0.1) is 0 Å². The van der Waals surface area contributed by atoms with Crippen molar-refractivity contribution in [3.05, 3.63) is 83.8 Å². The number of nitrogens with one attached hydrogen (secondary N) is 2. The molecule has 0 aliphatic rings. The van der Waals surface area contributed by atoms with Crippen LogP contribution in [-0.2, 0) is 12.0 Å². The van der Waals surface area contributed by atoms with Crippen molar-refractivity contribution in [3.8, 4) is 0 Å². The van der Waals surface area contributed by atoms with Gasteiger partial charge in [0.2, 0.25) is 0 Å². The molecule has 0 bridgehead atoms. The Bertz CT molecular complexity index is 917. The minimum Gasteiger partial charge on any atom is -0.366 e. The number of pyridine rings is 2. The monoisotopic (exact) mass is 360 g/mol. The lowest BCUT2D eigenvalue weighted by Crippen LogP contribution is -2.19. The van der Waals surface area contributed by atoms with Crippen molar-refractivity contribution in [2.24, 2.45) is 0 Å². The maximum atomic E-state index is 12.7. The summed E-state index contributed by atoms with van der Waals surface area (Å²) in [6.45, 7) is 7.01. The van der Waals surface area contributed by atoms with Crippen molar-refractivity contribution in [1.29, 1.82) is 0 Å². The van der Waals surface area contributed by atoms with Gasteiger partial charge in [-0.15, -0.1) is 0 Å². The Balaban J connectivity index is 1.73. The van der Waals surface area contributed by atoms with Gasteiger partial charge in [-0.25, -0.2) is 4.98 Å². The smallest absolute Gasteiger partial charge is 0.255 e. The van der Waals surface area contributed by atoms with E-state index in [-0.39, 0.29) is 11.3 Å². The summed E-state index contributed by atoms with van der Waals surface area (Å²) >= 11 is 0. The van der Waals surface area contributed by atoms with Gasteiger partial charge >= 0.3 is 0 Å². The van der Waals surface area contributed by atoms with Gasteiger partial charge in [-0.2, -0.15) is 0 Å². The largest absolute Gasteiger partial charge is 0.366 e. The second-order valence-electron chi connectivity index (χ2n) is 7.39. The quantitative estimate of drug-likeness (QED) is 0.696. The Morgan fingerprint density at radius 3 is 2.48 bits per heavy atom. The number of anilines is 2. The topological polar surface area (TPSA) is 66.9 Å². The van der Waals surface area contributed by atoms with Crippen LogP contribution in [-0.4, -0.2) is 15.9 Å². The number of benzene rings is 1. The molecule has 2 N–H and O–H groups in total. The third-order valence-corrected chi connectivity index (χ3v) is 4.23. The van der Waals surface area contributed by atoms with Gasteiger partial charge in [0.1, 0.15) is 5.82 Å². The zero-order chi connectivity index (χ0) is 19.3. The summed E-state index contributed by atoms with van der Waals surface area (Å²) in [6.07, 6.45) is 5.14. The number of rotatable bonds is 5. The highest BCUT2D eigenvalue weighted by Crippen LogP contribution is 2.29. The number of carbonyl (C=O) groups is 1. The number of aromatic nitrogens is 2. The Kier molecular flexibility index (Phi) is 5.50. The van der Waals surface area contributed by atoms with Crippen molar-refractivity contribution in [3.63, 3.8) is 0 Å². The molecule has 0 radical (unpaired) electrons. The van der Waals surface area contributed by atoms with Crippen molar-refractivity contribution < 1.29 is 4.79 Å². The third-order valence-electron chi connectivity index (χ3n) is 4.23. The molecule has 3 aromatic rings. The first-order chi connectivity index (χ1) is 12.9. The van der Waals surface area contributed by atoms with Crippen LogP contribution in [0.25, 0.3) is 0 Å². The van der Waals surface area contributed by atoms with Crippen LogP contribution in [0.2, 0.25) is 0 Å². The molecule has 0 fully saturated rings. The fourth-order valence-corrected chi connectivity index (χ4v) is 2.80. The van der Waals surface area contributed by atoms with Crippen LogP contribution in [0.3, 0.4) is 0 Å². The Hall–Kier alpha value is -3.21. The lowest BCUT2D eigenvalue weighted by molar-refractivity contribution is 0.102. The minimum absolute atomic E-state index is 0.0562. The van der Waals surface area contributed by atoms with E-state index in [0.717, 1.165) is 16.8 Å². The number of hydrogen-bond acceptors (Lipinski definition) is 4. The van der Waals surface area contributed by atoms with E-state index in [2.05, 4.69) is 41.4 Å². The molecule has 0 aliphatic carbocycles. The van der Waals surface area contributed by atoms with E-state index in [4.69, 9.17) is 0 Å². The predicted octanol–water partition coefficient (Wildman–Crippen LogP) is 4.64. The molecule has 0 atom stereocenters. The van der Waals surface area contributed by atoms with E-state index in [1.807, 2.05) is 36.4 Å². The summed E-state index contributed by atoms with van der Waals surface area (Å²) in [5.74, 6) is 0.504. The van der Waals surface area contributed by atoms with Gasteiger partial charge in [0.25, 0.3) is 5.91 Å². The second-order valence-corrected chi connectivity index (χ2v) is 7.39. The zero-order valence-corrected chi connectivity index (χ0v) is 15.9. The third kappa shape index (κ3) is 4.91. The van der Waals surface area contributed by atoms with Crippen LogP contribution in [0.15, 0.2) is 67.1 Å². The van der Waals surface area contributed by atoms with Crippen LogP contribution >= 0.6 is 0 Å². The molecule has 1 amide bonds. The van der Waals surface area contributed by atoms with Gasteiger partial charge < -0.3 is 10.6 Å². The van der Waals surface area contributed by atoms with Gasteiger partial charge in [-0.3, -0.25) is 9.78 Å². The molecule has 1 aromatic carbocycles. The molecule has 0 spiro atoms. The van der Waals surface area contributed by atoms with E-state index in [0.29, 0.717) is 17.9 Å². The van der Waals surface area contributed by atoms with Gasteiger partial charge in [-0.05, 0) is 46.9 Å². The Labute approximate surface area is 159 Å². The summed E-state index contributed by atoms with van der Waals surface area (Å²) in [7, 11) is 0. The maximum Gasteiger partial charge on any atom is 0.255 e. The molecule has 0 aliphatic heterocycles. The fraction of sp³-hybridized carbons (Fsp3) is 0.227. The summed E-state index contributed by atoms with van der Waals surface area (Å²) in [6, 6.07) is 15.2. The van der Waals surface area contributed by atoms with Crippen molar-refractivity contribution in [2.45, 2.75) is 32.7 Å². The minimum atomic E-state index is -0.152. The molecule has 0 saturated heterocycles. The molecular weight excluding hydrogens is 336 g/mol. The average molecular weight is 360 g/mol. The molecule has 0 unspecified atom stereocenters. The standard InChI is InChI=1S/C22H24N4O/c1-22(2,3)18-6-4-5-7-19(18)26-21(27)17-10-13-24-20(14-17)25-15-16-8-11-23-12-9-16/h4-14H,15H2,1-3H3,(H,24,25)(H,26,27). The molecule has 2 aromatic heterocycles. The molecule has 138 valence electrons. The highest BCUT2D eigenvalue weighted by atomic mass is 16.1. The predicted molar refractivity (Wildman–Crippen MR) is 109 cm³/mol. The van der Waals surface area contributed by atoms with Gasteiger partial charge in [0, 0.05) is 36.4 Å². The number of nitrogens with zero attached hydrogens (tertiary/aromatic N) is 2. The number of para-hydroxylation sites is 1. The lowest BCUT2D eigenvalue weighted by Gasteiger charge is -2.23. The molecular formula is C22H24N4O. The maximum absolute atomic E-state index is 12.7.